The van der Waals surface area contributed by atoms with Crippen LogP contribution in [0.2, 0.25) is 0 Å². The predicted molar refractivity (Wildman–Crippen MR) is 131 cm³/mol. The molecule has 0 bridgehead atoms. The van der Waals surface area contributed by atoms with Gasteiger partial charge in [0.05, 0.1) is 18.2 Å². The van der Waals surface area contributed by atoms with Gasteiger partial charge in [-0.05, 0) is 52.1 Å². The third-order valence-corrected chi connectivity index (χ3v) is 6.17. The Bertz CT molecular complexity index is 1610. The summed E-state index contributed by atoms with van der Waals surface area (Å²) in [7, 11) is 0. The molecule has 6 aromatic rings. The van der Waals surface area contributed by atoms with E-state index in [0.29, 0.717) is 5.71 Å². The standard InChI is InChI=1S/C29H23NO2/c1-29(2,3)25-15-19(14-18-8-4-5-9-20(18)25)26-16-23(22-12-13-31-28(22)30-26)24-17-32-27-11-7-6-10-21(24)27/h4-17H,1-3H3. The van der Waals surface area contributed by atoms with Crippen molar-refractivity contribution < 1.29 is 8.83 Å². The van der Waals surface area contributed by atoms with Crippen LogP contribution in [0.4, 0.5) is 0 Å². The number of furan rings is 2. The fourth-order valence-corrected chi connectivity index (χ4v) is 4.59. The van der Waals surface area contributed by atoms with Crippen LogP contribution >= 0.6 is 0 Å². The molecule has 6 rings (SSSR count). The Morgan fingerprint density at radius 1 is 0.719 bits per heavy atom. The van der Waals surface area contributed by atoms with Crippen molar-refractivity contribution in [1.82, 2.24) is 4.98 Å². The van der Waals surface area contributed by atoms with Gasteiger partial charge in [-0.2, -0.15) is 0 Å². The second-order valence-electron chi connectivity index (χ2n) is 9.33. The number of nitrogens with zero attached hydrogens (tertiary/aromatic N) is 1. The molecule has 3 aromatic heterocycles. The van der Waals surface area contributed by atoms with Gasteiger partial charge in [0.15, 0.2) is 0 Å². The summed E-state index contributed by atoms with van der Waals surface area (Å²) in [6.45, 7) is 6.76. The average Bonchev–Trinajstić information content (AvgIpc) is 3.44. The number of hydrogen-bond donors (Lipinski definition) is 0. The molecule has 3 heteroatoms. The molecule has 0 spiro atoms. The van der Waals surface area contributed by atoms with E-state index in [0.717, 1.165) is 38.7 Å². The zero-order chi connectivity index (χ0) is 21.9. The summed E-state index contributed by atoms with van der Waals surface area (Å²) in [4.78, 5) is 4.89. The van der Waals surface area contributed by atoms with Crippen LogP contribution < -0.4 is 0 Å². The molecule has 0 aliphatic carbocycles. The van der Waals surface area contributed by atoms with Gasteiger partial charge in [0.25, 0.3) is 0 Å². The number of rotatable bonds is 2. The highest BCUT2D eigenvalue weighted by Crippen LogP contribution is 2.39. The van der Waals surface area contributed by atoms with E-state index in [1.807, 2.05) is 30.5 Å². The van der Waals surface area contributed by atoms with Gasteiger partial charge in [-0.1, -0.05) is 63.2 Å². The lowest BCUT2D eigenvalue weighted by molar-refractivity contribution is 0.596. The van der Waals surface area contributed by atoms with Gasteiger partial charge in [0, 0.05) is 27.5 Å². The molecule has 3 heterocycles. The Balaban J connectivity index is 1.64. The van der Waals surface area contributed by atoms with Gasteiger partial charge in [-0.3, -0.25) is 0 Å². The lowest BCUT2D eigenvalue weighted by Gasteiger charge is -2.22. The first-order chi connectivity index (χ1) is 15.5. The zero-order valence-corrected chi connectivity index (χ0v) is 18.3. The van der Waals surface area contributed by atoms with Gasteiger partial charge in [0.1, 0.15) is 5.58 Å². The monoisotopic (exact) mass is 417 g/mol. The summed E-state index contributed by atoms with van der Waals surface area (Å²) >= 11 is 0. The predicted octanol–water partition coefficient (Wildman–Crippen LogP) is 8.36. The maximum atomic E-state index is 5.84. The fraction of sp³-hybridized carbons (Fsp3) is 0.138. The van der Waals surface area contributed by atoms with Gasteiger partial charge < -0.3 is 8.83 Å². The van der Waals surface area contributed by atoms with Crippen LogP contribution in [0.15, 0.2) is 94.2 Å². The second kappa shape index (κ2) is 6.83. The summed E-state index contributed by atoms with van der Waals surface area (Å²) in [6, 6.07) is 25.3. The highest BCUT2D eigenvalue weighted by atomic mass is 16.3. The van der Waals surface area contributed by atoms with Crippen molar-refractivity contribution in [3.8, 4) is 22.4 Å². The number of pyridine rings is 1. The number of fused-ring (bicyclic) bond motifs is 3. The number of benzene rings is 3. The van der Waals surface area contributed by atoms with Crippen LogP contribution in [0, 0.1) is 0 Å². The zero-order valence-electron chi connectivity index (χ0n) is 18.3. The van der Waals surface area contributed by atoms with Crippen molar-refractivity contribution in [3.05, 3.63) is 90.9 Å². The highest BCUT2D eigenvalue weighted by Gasteiger charge is 2.20. The Labute approximate surface area is 186 Å². The van der Waals surface area contributed by atoms with Crippen LogP contribution in [0.25, 0.3) is 55.2 Å². The van der Waals surface area contributed by atoms with Crippen molar-refractivity contribution in [2.24, 2.45) is 0 Å². The largest absolute Gasteiger partial charge is 0.464 e. The summed E-state index contributed by atoms with van der Waals surface area (Å²) in [6.07, 6.45) is 3.53. The van der Waals surface area contributed by atoms with Crippen LogP contribution in [-0.2, 0) is 5.41 Å². The quantitative estimate of drug-likeness (QED) is 0.284. The minimum absolute atomic E-state index is 0.00792. The molecular weight excluding hydrogens is 394 g/mol. The SMILES string of the molecule is CC(C)(C)c1cc(-c2cc(-c3coc4ccccc34)c3ccoc3n2)cc2ccccc12. The molecule has 0 atom stereocenters. The van der Waals surface area contributed by atoms with E-state index < -0.39 is 0 Å². The fourth-order valence-electron chi connectivity index (χ4n) is 4.59. The molecule has 0 fully saturated rings. The second-order valence-corrected chi connectivity index (χ2v) is 9.33. The van der Waals surface area contributed by atoms with E-state index in [9.17, 15) is 0 Å². The Morgan fingerprint density at radius 3 is 2.34 bits per heavy atom. The molecule has 0 saturated carbocycles. The minimum atomic E-state index is 0.00792. The van der Waals surface area contributed by atoms with E-state index in [1.165, 1.54) is 16.3 Å². The maximum absolute atomic E-state index is 5.84. The van der Waals surface area contributed by atoms with Crippen molar-refractivity contribution in [2.75, 3.05) is 0 Å². The van der Waals surface area contributed by atoms with Crippen LogP contribution in [-0.4, -0.2) is 4.98 Å². The number of hydrogen-bond acceptors (Lipinski definition) is 3. The molecule has 156 valence electrons. The van der Waals surface area contributed by atoms with Gasteiger partial charge in [-0.15, -0.1) is 0 Å². The van der Waals surface area contributed by atoms with Crippen molar-refractivity contribution in [1.29, 1.82) is 0 Å². The topological polar surface area (TPSA) is 39.2 Å². The molecule has 0 aliphatic rings. The molecule has 0 saturated heterocycles. The average molecular weight is 418 g/mol. The normalized spacial score (nSPS) is 12.2. The lowest BCUT2D eigenvalue weighted by atomic mass is 9.82. The van der Waals surface area contributed by atoms with Gasteiger partial charge >= 0.3 is 0 Å². The Morgan fingerprint density at radius 2 is 1.50 bits per heavy atom. The maximum Gasteiger partial charge on any atom is 0.227 e. The van der Waals surface area contributed by atoms with E-state index in [-0.39, 0.29) is 5.41 Å². The molecule has 3 aromatic carbocycles. The van der Waals surface area contributed by atoms with Crippen molar-refractivity contribution in [2.45, 2.75) is 26.2 Å². The first-order valence-electron chi connectivity index (χ1n) is 10.9. The van der Waals surface area contributed by atoms with Crippen molar-refractivity contribution in [3.63, 3.8) is 0 Å². The molecule has 32 heavy (non-hydrogen) atoms. The van der Waals surface area contributed by atoms with Crippen LogP contribution in [0.3, 0.4) is 0 Å². The van der Waals surface area contributed by atoms with Crippen LogP contribution in [0.5, 0.6) is 0 Å². The third-order valence-electron chi connectivity index (χ3n) is 6.17. The summed E-state index contributed by atoms with van der Waals surface area (Å²) in [5.74, 6) is 0. The van der Waals surface area contributed by atoms with E-state index >= 15 is 0 Å². The van der Waals surface area contributed by atoms with Crippen molar-refractivity contribution >= 4 is 32.8 Å². The first-order valence-corrected chi connectivity index (χ1v) is 10.9. The molecule has 0 N–H and O–H groups in total. The smallest absolute Gasteiger partial charge is 0.227 e. The van der Waals surface area contributed by atoms with E-state index in [2.05, 4.69) is 69.3 Å². The molecule has 0 amide bonds. The number of para-hydroxylation sites is 1. The van der Waals surface area contributed by atoms with Crippen LogP contribution in [0.1, 0.15) is 26.3 Å². The summed E-state index contributed by atoms with van der Waals surface area (Å²) in [5.41, 5.74) is 6.91. The van der Waals surface area contributed by atoms with E-state index in [4.69, 9.17) is 13.8 Å². The first kappa shape index (κ1) is 18.9. The molecule has 0 unspecified atom stereocenters. The Kier molecular flexibility index (Phi) is 4.03. The van der Waals surface area contributed by atoms with E-state index in [1.54, 1.807) is 6.26 Å². The molecular formula is C29H23NO2. The molecule has 3 nitrogen and oxygen atoms in total. The summed E-state index contributed by atoms with van der Waals surface area (Å²) < 4.78 is 11.6. The molecule has 0 aliphatic heterocycles. The summed E-state index contributed by atoms with van der Waals surface area (Å²) in [5, 5.41) is 4.56. The highest BCUT2D eigenvalue weighted by molar-refractivity contribution is 6.03. The Hall–Kier alpha value is -3.85. The lowest BCUT2D eigenvalue weighted by Crippen LogP contribution is -2.12. The minimum Gasteiger partial charge on any atom is -0.464 e. The number of aromatic nitrogens is 1. The van der Waals surface area contributed by atoms with Gasteiger partial charge in [-0.25, -0.2) is 4.98 Å². The molecule has 0 radical (unpaired) electrons. The third kappa shape index (κ3) is 2.93. The van der Waals surface area contributed by atoms with Gasteiger partial charge in [0.2, 0.25) is 5.71 Å².